The Balaban J connectivity index is 2.27. The van der Waals surface area contributed by atoms with Crippen LogP contribution in [0.15, 0.2) is 24.3 Å². The summed E-state index contributed by atoms with van der Waals surface area (Å²) >= 11 is 5.79. The van der Waals surface area contributed by atoms with E-state index in [1.54, 1.807) is 18.2 Å². The number of benzene rings is 1. The highest BCUT2D eigenvalue weighted by Crippen LogP contribution is 2.10. The number of carbonyl (C=O) groups excluding carboxylic acids is 1. The molecule has 92 valence electrons. The molecule has 0 aromatic heterocycles. The minimum atomic E-state index is -0.853. The van der Waals surface area contributed by atoms with Crippen molar-refractivity contribution in [1.29, 1.82) is 0 Å². The predicted molar refractivity (Wildman–Crippen MR) is 65.0 cm³/mol. The Labute approximate surface area is 105 Å². The molecule has 0 radical (unpaired) electrons. The summed E-state index contributed by atoms with van der Waals surface area (Å²) in [6.07, 6.45) is 0.766. The molecule has 0 heterocycles. The number of nitrogens with one attached hydrogen (secondary N) is 1. The number of rotatable bonds is 6. The van der Waals surface area contributed by atoms with Crippen LogP contribution in [0.5, 0.6) is 0 Å². The van der Waals surface area contributed by atoms with E-state index in [0.717, 1.165) is 5.56 Å². The topological polar surface area (TPSA) is 66.4 Å². The van der Waals surface area contributed by atoms with E-state index in [4.69, 9.17) is 16.7 Å². The first-order valence-corrected chi connectivity index (χ1v) is 5.68. The lowest BCUT2D eigenvalue weighted by molar-refractivity contribution is -0.137. The molecule has 0 aliphatic heterocycles. The highest BCUT2D eigenvalue weighted by atomic mass is 35.5. The van der Waals surface area contributed by atoms with Gasteiger partial charge in [-0.15, -0.1) is 0 Å². The van der Waals surface area contributed by atoms with Crippen LogP contribution in [0.2, 0.25) is 5.02 Å². The molecular weight excluding hydrogens is 242 g/mol. The molecule has 1 aromatic rings. The van der Waals surface area contributed by atoms with Gasteiger partial charge >= 0.3 is 5.97 Å². The first-order chi connectivity index (χ1) is 8.08. The quantitative estimate of drug-likeness (QED) is 0.763. The molecule has 2 N–H and O–H groups in total. The molecule has 1 aromatic carbocycles. The summed E-state index contributed by atoms with van der Waals surface area (Å²) in [7, 11) is 0. The molecular formula is C12H14ClNO3. The summed E-state index contributed by atoms with van der Waals surface area (Å²) in [6.45, 7) is 0.381. The minimum absolute atomic E-state index is 0.0669. The maximum Gasteiger partial charge on any atom is 0.303 e. The molecule has 0 atom stereocenters. The molecule has 0 aliphatic carbocycles. The van der Waals surface area contributed by atoms with Crippen molar-refractivity contribution in [3.05, 3.63) is 34.9 Å². The number of amides is 1. The largest absolute Gasteiger partial charge is 0.481 e. The standard InChI is InChI=1S/C12H14ClNO3/c13-10-4-1-3-9(7-10)8-11(15)14-6-2-5-12(16)17/h1,3-4,7H,2,5-6,8H2,(H,14,15)(H,16,17). The smallest absolute Gasteiger partial charge is 0.303 e. The SMILES string of the molecule is O=C(O)CCCNC(=O)Cc1cccc(Cl)c1. The maximum atomic E-state index is 11.5. The third-order valence-electron chi connectivity index (χ3n) is 2.14. The van der Waals surface area contributed by atoms with Gasteiger partial charge in [0.2, 0.25) is 5.91 Å². The van der Waals surface area contributed by atoms with Crippen molar-refractivity contribution in [1.82, 2.24) is 5.32 Å². The van der Waals surface area contributed by atoms with Crippen molar-refractivity contribution >= 4 is 23.5 Å². The summed E-state index contributed by atoms with van der Waals surface area (Å²) < 4.78 is 0. The van der Waals surface area contributed by atoms with E-state index in [2.05, 4.69) is 5.32 Å². The summed E-state index contributed by atoms with van der Waals surface area (Å²) in [6, 6.07) is 7.09. The molecule has 5 heteroatoms. The van der Waals surface area contributed by atoms with Gasteiger partial charge in [-0.3, -0.25) is 9.59 Å². The molecule has 0 spiro atoms. The first kappa shape index (κ1) is 13.5. The van der Waals surface area contributed by atoms with Crippen LogP contribution in [0.4, 0.5) is 0 Å². The number of hydrogen-bond donors (Lipinski definition) is 2. The van der Waals surface area contributed by atoms with Gasteiger partial charge in [-0.2, -0.15) is 0 Å². The van der Waals surface area contributed by atoms with Crippen molar-refractivity contribution in [2.45, 2.75) is 19.3 Å². The highest BCUT2D eigenvalue weighted by Gasteiger charge is 2.03. The fourth-order valence-corrected chi connectivity index (χ4v) is 1.58. The average Bonchev–Trinajstić information content (AvgIpc) is 2.24. The van der Waals surface area contributed by atoms with Gasteiger partial charge in [0.1, 0.15) is 0 Å². The molecule has 0 saturated heterocycles. The average molecular weight is 256 g/mol. The number of carbonyl (C=O) groups is 2. The molecule has 4 nitrogen and oxygen atoms in total. The van der Waals surface area contributed by atoms with Crippen molar-refractivity contribution in [3.63, 3.8) is 0 Å². The Morgan fingerprint density at radius 3 is 2.76 bits per heavy atom. The monoisotopic (exact) mass is 255 g/mol. The Morgan fingerprint density at radius 2 is 2.12 bits per heavy atom. The summed E-state index contributed by atoms with van der Waals surface area (Å²) in [5, 5.41) is 11.7. The second-order valence-electron chi connectivity index (χ2n) is 3.65. The number of aliphatic carboxylic acids is 1. The third-order valence-corrected chi connectivity index (χ3v) is 2.38. The third kappa shape index (κ3) is 5.92. The normalized spacial score (nSPS) is 9.94. The second kappa shape index (κ2) is 6.91. The molecule has 1 amide bonds. The fraction of sp³-hybridized carbons (Fsp3) is 0.333. The summed E-state index contributed by atoms with van der Waals surface area (Å²) in [5.41, 5.74) is 0.841. The van der Waals surface area contributed by atoms with Crippen LogP contribution in [0, 0.1) is 0 Å². The van der Waals surface area contributed by atoms with E-state index < -0.39 is 5.97 Å². The number of carboxylic acids is 1. The Bertz CT molecular complexity index is 406. The maximum absolute atomic E-state index is 11.5. The van der Waals surface area contributed by atoms with Gasteiger partial charge in [0.15, 0.2) is 0 Å². The van der Waals surface area contributed by atoms with E-state index in [0.29, 0.717) is 18.0 Å². The molecule has 0 unspecified atom stereocenters. The lowest BCUT2D eigenvalue weighted by Crippen LogP contribution is -2.26. The van der Waals surface area contributed by atoms with Crippen LogP contribution >= 0.6 is 11.6 Å². The summed E-state index contributed by atoms with van der Waals surface area (Å²) in [5.74, 6) is -0.980. The van der Waals surface area contributed by atoms with Crippen LogP contribution in [-0.4, -0.2) is 23.5 Å². The van der Waals surface area contributed by atoms with Gasteiger partial charge < -0.3 is 10.4 Å². The van der Waals surface area contributed by atoms with Crippen LogP contribution in [0.3, 0.4) is 0 Å². The number of carboxylic acid groups (broad SMARTS) is 1. The molecule has 0 bridgehead atoms. The molecule has 0 aliphatic rings. The van der Waals surface area contributed by atoms with Gasteiger partial charge in [0, 0.05) is 18.0 Å². The van der Waals surface area contributed by atoms with Crippen LogP contribution in [0.25, 0.3) is 0 Å². The van der Waals surface area contributed by atoms with Crippen LogP contribution in [0.1, 0.15) is 18.4 Å². The Hall–Kier alpha value is -1.55. The lowest BCUT2D eigenvalue weighted by atomic mass is 10.1. The van der Waals surface area contributed by atoms with E-state index in [1.807, 2.05) is 6.07 Å². The van der Waals surface area contributed by atoms with Crippen molar-refractivity contribution < 1.29 is 14.7 Å². The molecule has 0 saturated carbocycles. The molecule has 0 fully saturated rings. The summed E-state index contributed by atoms with van der Waals surface area (Å²) in [4.78, 5) is 21.7. The van der Waals surface area contributed by atoms with Gasteiger partial charge in [0.05, 0.1) is 6.42 Å². The second-order valence-corrected chi connectivity index (χ2v) is 4.09. The van der Waals surface area contributed by atoms with Crippen LogP contribution < -0.4 is 5.32 Å². The fourth-order valence-electron chi connectivity index (χ4n) is 1.36. The molecule has 1 rings (SSSR count). The zero-order valence-corrected chi connectivity index (χ0v) is 10.0. The zero-order chi connectivity index (χ0) is 12.7. The highest BCUT2D eigenvalue weighted by molar-refractivity contribution is 6.30. The zero-order valence-electron chi connectivity index (χ0n) is 9.28. The van der Waals surface area contributed by atoms with Crippen molar-refractivity contribution in [3.8, 4) is 0 Å². The van der Waals surface area contributed by atoms with E-state index in [-0.39, 0.29) is 18.7 Å². The van der Waals surface area contributed by atoms with Crippen molar-refractivity contribution in [2.75, 3.05) is 6.54 Å². The van der Waals surface area contributed by atoms with Crippen LogP contribution in [-0.2, 0) is 16.0 Å². The Kier molecular flexibility index (Phi) is 5.49. The van der Waals surface area contributed by atoms with Crippen molar-refractivity contribution in [2.24, 2.45) is 0 Å². The van der Waals surface area contributed by atoms with Gasteiger partial charge in [-0.1, -0.05) is 23.7 Å². The van der Waals surface area contributed by atoms with E-state index in [9.17, 15) is 9.59 Å². The van der Waals surface area contributed by atoms with E-state index in [1.165, 1.54) is 0 Å². The van der Waals surface area contributed by atoms with Gasteiger partial charge in [-0.05, 0) is 24.1 Å². The minimum Gasteiger partial charge on any atom is -0.481 e. The van der Waals surface area contributed by atoms with E-state index >= 15 is 0 Å². The number of hydrogen-bond acceptors (Lipinski definition) is 2. The lowest BCUT2D eigenvalue weighted by Gasteiger charge is -2.04. The number of halogens is 1. The van der Waals surface area contributed by atoms with Gasteiger partial charge in [0.25, 0.3) is 0 Å². The predicted octanol–water partition coefficient (Wildman–Crippen LogP) is 1.86. The Morgan fingerprint density at radius 1 is 1.35 bits per heavy atom. The first-order valence-electron chi connectivity index (χ1n) is 5.31. The molecule has 17 heavy (non-hydrogen) atoms. The van der Waals surface area contributed by atoms with Gasteiger partial charge in [-0.25, -0.2) is 0 Å².